The third-order valence-corrected chi connectivity index (χ3v) is 13.7. The molecule has 11 aromatic rings. The zero-order valence-electron chi connectivity index (χ0n) is 33.4. The van der Waals surface area contributed by atoms with E-state index in [-0.39, 0.29) is 0 Å². The van der Waals surface area contributed by atoms with Gasteiger partial charge in [0.15, 0.2) is 0 Å². The number of fused-ring (bicyclic) bond motifs is 10. The number of rotatable bonds is 4. The van der Waals surface area contributed by atoms with Crippen LogP contribution in [0.1, 0.15) is 22.3 Å². The van der Waals surface area contributed by atoms with E-state index in [4.69, 9.17) is 0 Å². The van der Waals surface area contributed by atoms with Crippen molar-refractivity contribution in [1.82, 2.24) is 0 Å². The van der Waals surface area contributed by atoms with Crippen LogP contribution in [-0.4, -0.2) is 0 Å². The van der Waals surface area contributed by atoms with Crippen LogP contribution in [0.5, 0.6) is 0 Å². The largest absolute Gasteiger partial charge is 0.0713 e. The molecule has 0 unspecified atom stereocenters. The number of benzene rings is 11. The lowest BCUT2D eigenvalue weighted by Crippen LogP contribution is -2.28. The van der Waals surface area contributed by atoms with Gasteiger partial charge in [0.05, 0.1) is 5.41 Å². The van der Waals surface area contributed by atoms with Gasteiger partial charge in [0.1, 0.15) is 0 Å². The van der Waals surface area contributed by atoms with Gasteiger partial charge in [0, 0.05) is 0 Å². The van der Waals surface area contributed by atoms with Gasteiger partial charge in [-0.2, -0.15) is 0 Å². The Morgan fingerprint density at radius 1 is 0.230 bits per heavy atom. The van der Waals surface area contributed by atoms with Crippen molar-refractivity contribution in [3.8, 4) is 66.8 Å². The van der Waals surface area contributed by atoms with Crippen molar-refractivity contribution in [2.24, 2.45) is 0 Å². The summed E-state index contributed by atoms with van der Waals surface area (Å²) in [4.78, 5) is 0. The molecule has 0 radical (unpaired) electrons. The lowest BCUT2D eigenvalue weighted by Gasteiger charge is -2.33. The second kappa shape index (κ2) is 13.1. The Morgan fingerprint density at radius 3 is 1.23 bits per heavy atom. The van der Waals surface area contributed by atoms with E-state index >= 15 is 0 Å². The van der Waals surface area contributed by atoms with Crippen molar-refractivity contribution in [1.29, 1.82) is 0 Å². The van der Waals surface area contributed by atoms with Gasteiger partial charge in [-0.25, -0.2) is 0 Å². The van der Waals surface area contributed by atoms with Gasteiger partial charge in [0.2, 0.25) is 0 Å². The quantitative estimate of drug-likeness (QED) is 0.156. The molecule has 0 heteroatoms. The minimum absolute atomic E-state index is 0.435. The van der Waals surface area contributed by atoms with E-state index in [2.05, 4.69) is 231 Å². The molecule has 0 aliphatic heterocycles. The second-order valence-electron chi connectivity index (χ2n) is 16.6. The predicted molar refractivity (Wildman–Crippen MR) is 257 cm³/mol. The van der Waals surface area contributed by atoms with E-state index < -0.39 is 5.41 Å². The summed E-state index contributed by atoms with van der Waals surface area (Å²) < 4.78 is 0. The Labute approximate surface area is 355 Å². The van der Waals surface area contributed by atoms with Crippen LogP contribution in [-0.2, 0) is 5.41 Å². The first kappa shape index (κ1) is 34.1. The van der Waals surface area contributed by atoms with Crippen molar-refractivity contribution in [3.05, 3.63) is 253 Å². The average Bonchev–Trinajstić information content (AvgIpc) is 3.57. The van der Waals surface area contributed by atoms with Crippen LogP contribution in [0.15, 0.2) is 231 Å². The average molecular weight is 771 g/mol. The maximum atomic E-state index is 2.48. The SMILES string of the molecule is c1ccc(C2(c3ccccc3)c3ccccc3-c3cc(-c4c5ccccc5c(-c5ccc6c7c(cccc57)-c5ccccc5-c5ccccc5-6)c5ccccc45)ccc32)cc1. The Hall–Kier alpha value is -7.80. The molecule has 11 aromatic carbocycles. The fourth-order valence-electron chi connectivity index (χ4n) is 11.3. The molecule has 0 heterocycles. The smallest absolute Gasteiger partial charge is 0.0622 e. The topological polar surface area (TPSA) is 0 Å². The van der Waals surface area contributed by atoms with E-state index in [9.17, 15) is 0 Å². The van der Waals surface area contributed by atoms with Gasteiger partial charge in [-0.05, 0) is 127 Å². The second-order valence-corrected chi connectivity index (χ2v) is 16.6. The molecule has 0 atom stereocenters. The fourth-order valence-corrected chi connectivity index (χ4v) is 11.3. The van der Waals surface area contributed by atoms with Gasteiger partial charge in [-0.15, -0.1) is 0 Å². The van der Waals surface area contributed by atoms with Gasteiger partial charge >= 0.3 is 0 Å². The maximum absolute atomic E-state index is 2.48. The van der Waals surface area contributed by atoms with E-state index in [0.29, 0.717) is 0 Å². The molecule has 0 N–H and O–H groups in total. The monoisotopic (exact) mass is 770 g/mol. The van der Waals surface area contributed by atoms with Crippen molar-refractivity contribution in [2.75, 3.05) is 0 Å². The molecule has 0 nitrogen and oxygen atoms in total. The van der Waals surface area contributed by atoms with Crippen LogP contribution >= 0.6 is 0 Å². The predicted octanol–water partition coefficient (Wildman–Crippen LogP) is 16.2. The highest BCUT2D eigenvalue weighted by Gasteiger charge is 2.46. The van der Waals surface area contributed by atoms with Crippen LogP contribution in [0.4, 0.5) is 0 Å². The minimum atomic E-state index is -0.435. The summed E-state index contributed by atoms with van der Waals surface area (Å²) in [5.41, 5.74) is 20.1. The summed E-state index contributed by atoms with van der Waals surface area (Å²) in [6.45, 7) is 0. The Morgan fingerprint density at radius 2 is 0.639 bits per heavy atom. The molecule has 0 fully saturated rings. The van der Waals surface area contributed by atoms with Gasteiger partial charge in [0.25, 0.3) is 0 Å². The molecule has 282 valence electrons. The van der Waals surface area contributed by atoms with E-state index in [1.165, 1.54) is 121 Å². The molecular formula is C61H38. The molecule has 13 rings (SSSR count). The van der Waals surface area contributed by atoms with E-state index in [0.717, 1.165) is 0 Å². The number of hydrogen-bond acceptors (Lipinski definition) is 0. The fraction of sp³-hybridized carbons (Fsp3) is 0.0164. The third-order valence-electron chi connectivity index (χ3n) is 13.7. The summed E-state index contributed by atoms with van der Waals surface area (Å²) in [6.07, 6.45) is 0. The van der Waals surface area contributed by atoms with Crippen molar-refractivity contribution < 1.29 is 0 Å². The third kappa shape index (κ3) is 4.71. The first-order valence-corrected chi connectivity index (χ1v) is 21.4. The van der Waals surface area contributed by atoms with Crippen LogP contribution in [0.2, 0.25) is 0 Å². The zero-order valence-corrected chi connectivity index (χ0v) is 33.4. The van der Waals surface area contributed by atoms with E-state index in [1.54, 1.807) is 0 Å². The molecule has 2 aliphatic rings. The highest BCUT2D eigenvalue weighted by Crippen LogP contribution is 2.58. The summed E-state index contributed by atoms with van der Waals surface area (Å²) >= 11 is 0. The standard InChI is InChI=1S/C61H38/c1-3-18-40(19-4-1)61(41-20-5-2-6-21-41)56-33-16-15-26-46(56)55-38-39(34-37-57(55)61)58-48-27-11-13-29-50(48)60(51-30-14-12-28-49(51)58)54-36-35-53-45-25-10-8-23-43(45)42-22-7-9-24-44(42)47-31-17-32-52(54)59(47)53/h1-38H. The van der Waals surface area contributed by atoms with Crippen LogP contribution in [0.25, 0.3) is 99.1 Å². The molecule has 0 saturated heterocycles. The summed E-state index contributed by atoms with van der Waals surface area (Å²) in [5.74, 6) is 0. The summed E-state index contributed by atoms with van der Waals surface area (Å²) in [7, 11) is 0. The lowest BCUT2D eigenvalue weighted by molar-refractivity contribution is 0.768. The minimum Gasteiger partial charge on any atom is -0.0622 e. The zero-order chi connectivity index (χ0) is 40.1. The highest BCUT2D eigenvalue weighted by atomic mass is 14.5. The normalized spacial score (nSPS) is 13.0. The van der Waals surface area contributed by atoms with Crippen LogP contribution in [0, 0.1) is 0 Å². The molecule has 61 heavy (non-hydrogen) atoms. The number of hydrogen-bond donors (Lipinski definition) is 0. The van der Waals surface area contributed by atoms with Crippen LogP contribution in [0.3, 0.4) is 0 Å². The Balaban J connectivity index is 1.09. The molecule has 0 amide bonds. The molecular weight excluding hydrogens is 733 g/mol. The Bertz CT molecular complexity index is 3430. The van der Waals surface area contributed by atoms with Gasteiger partial charge in [-0.3, -0.25) is 0 Å². The maximum Gasteiger partial charge on any atom is 0.0713 e. The highest BCUT2D eigenvalue weighted by molar-refractivity contribution is 6.26. The van der Waals surface area contributed by atoms with Crippen LogP contribution < -0.4 is 0 Å². The van der Waals surface area contributed by atoms with Crippen molar-refractivity contribution >= 4 is 32.3 Å². The van der Waals surface area contributed by atoms with E-state index in [1.807, 2.05) is 0 Å². The molecule has 0 aromatic heterocycles. The molecule has 2 aliphatic carbocycles. The first-order valence-electron chi connectivity index (χ1n) is 21.4. The van der Waals surface area contributed by atoms with Gasteiger partial charge in [-0.1, -0.05) is 224 Å². The van der Waals surface area contributed by atoms with Crippen molar-refractivity contribution in [2.45, 2.75) is 5.41 Å². The van der Waals surface area contributed by atoms with Crippen molar-refractivity contribution in [3.63, 3.8) is 0 Å². The molecule has 0 bridgehead atoms. The van der Waals surface area contributed by atoms with Gasteiger partial charge < -0.3 is 0 Å². The first-order chi connectivity index (χ1) is 30.3. The summed E-state index contributed by atoms with van der Waals surface area (Å²) in [5, 5.41) is 7.62. The summed E-state index contributed by atoms with van der Waals surface area (Å²) in [6, 6.07) is 86.2. The lowest BCUT2D eigenvalue weighted by atomic mass is 9.67. The molecule has 0 spiro atoms. The molecule has 0 saturated carbocycles. The Kier molecular flexibility index (Phi) is 7.32.